The summed E-state index contributed by atoms with van der Waals surface area (Å²) >= 11 is 0. The number of amides is 2. The minimum atomic E-state index is -0.0222. The normalized spacial score (nSPS) is 10.3. The highest BCUT2D eigenvalue weighted by Crippen LogP contribution is 1.87. The zero-order valence-electron chi connectivity index (χ0n) is 10.7. The Morgan fingerprint density at radius 3 is 2.38 bits per heavy atom. The minimum Gasteiger partial charge on any atom is -0.355 e. The van der Waals surface area contributed by atoms with Gasteiger partial charge in [-0.2, -0.15) is 0 Å². The quantitative estimate of drug-likeness (QED) is 0.596. The van der Waals surface area contributed by atoms with Gasteiger partial charge in [0.2, 0.25) is 11.8 Å². The molecule has 0 spiro atoms. The van der Waals surface area contributed by atoms with Crippen molar-refractivity contribution >= 4 is 11.8 Å². The third-order valence-corrected chi connectivity index (χ3v) is 2.01. The molecule has 0 saturated carbocycles. The monoisotopic (exact) mass is 229 g/mol. The molecule has 2 amide bonds. The van der Waals surface area contributed by atoms with Crippen LogP contribution in [0, 0.1) is 5.92 Å². The third-order valence-electron chi connectivity index (χ3n) is 2.01. The van der Waals surface area contributed by atoms with Crippen molar-refractivity contribution < 1.29 is 9.59 Å². The third kappa shape index (κ3) is 8.23. The van der Waals surface area contributed by atoms with E-state index in [1.54, 1.807) is 19.0 Å². The second-order valence-corrected chi connectivity index (χ2v) is 4.41. The highest BCUT2D eigenvalue weighted by atomic mass is 16.2. The van der Waals surface area contributed by atoms with Gasteiger partial charge in [-0.25, -0.2) is 0 Å². The largest absolute Gasteiger partial charge is 0.355 e. The lowest BCUT2D eigenvalue weighted by atomic mass is 10.2. The van der Waals surface area contributed by atoms with E-state index in [0.717, 1.165) is 0 Å². The first kappa shape index (κ1) is 14.9. The number of hydrogen-bond donors (Lipinski definition) is 2. The van der Waals surface area contributed by atoms with E-state index in [-0.39, 0.29) is 18.4 Å². The van der Waals surface area contributed by atoms with Crippen molar-refractivity contribution in [2.75, 3.05) is 33.7 Å². The average molecular weight is 229 g/mol. The van der Waals surface area contributed by atoms with Crippen LogP contribution < -0.4 is 10.6 Å². The van der Waals surface area contributed by atoms with Gasteiger partial charge in [-0.15, -0.1) is 0 Å². The van der Waals surface area contributed by atoms with Crippen LogP contribution in [0.1, 0.15) is 20.3 Å². The summed E-state index contributed by atoms with van der Waals surface area (Å²) in [7, 11) is 3.44. The van der Waals surface area contributed by atoms with Crippen molar-refractivity contribution in [3.05, 3.63) is 0 Å². The number of nitrogens with zero attached hydrogens (tertiary/aromatic N) is 1. The Hall–Kier alpha value is -1.10. The molecule has 0 bridgehead atoms. The minimum absolute atomic E-state index is 0.0222. The summed E-state index contributed by atoms with van der Waals surface area (Å²) in [6, 6.07) is 0. The molecule has 0 fully saturated rings. The van der Waals surface area contributed by atoms with Gasteiger partial charge in [-0.1, -0.05) is 13.8 Å². The Morgan fingerprint density at radius 2 is 1.88 bits per heavy atom. The van der Waals surface area contributed by atoms with Gasteiger partial charge in [-0.05, 0) is 5.92 Å². The summed E-state index contributed by atoms with van der Waals surface area (Å²) in [4.78, 5) is 24.0. The van der Waals surface area contributed by atoms with Gasteiger partial charge in [0.15, 0.2) is 0 Å². The van der Waals surface area contributed by atoms with Gasteiger partial charge in [-0.3, -0.25) is 9.59 Å². The topological polar surface area (TPSA) is 61.4 Å². The van der Waals surface area contributed by atoms with Crippen LogP contribution in [0.5, 0.6) is 0 Å². The highest BCUT2D eigenvalue weighted by Gasteiger charge is 2.04. The van der Waals surface area contributed by atoms with E-state index in [1.807, 2.05) is 13.8 Å². The molecule has 0 atom stereocenters. The molecule has 5 nitrogen and oxygen atoms in total. The first-order valence-corrected chi connectivity index (χ1v) is 5.61. The van der Waals surface area contributed by atoms with Crippen LogP contribution in [-0.4, -0.2) is 50.4 Å². The molecule has 0 aromatic rings. The first-order valence-electron chi connectivity index (χ1n) is 5.61. The SMILES string of the molecule is CC(C)CNC(=O)CNCCC(=O)N(C)C. The lowest BCUT2D eigenvalue weighted by Crippen LogP contribution is -2.37. The van der Waals surface area contributed by atoms with Crippen LogP contribution in [-0.2, 0) is 9.59 Å². The number of carbonyl (C=O) groups excluding carboxylic acids is 2. The number of rotatable bonds is 7. The highest BCUT2D eigenvalue weighted by molar-refractivity contribution is 5.78. The summed E-state index contributed by atoms with van der Waals surface area (Å²) in [5, 5.41) is 5.73. The number of hydrogen-bond acceptors (Lipinski definition) is 3. The van der Waals surface area contributed by atoms with E-state index >= 15 is 0 Å². The van der Waals surface area contributed by atoms with E-state index < -0.39 is 0 Å². The lowest BCUT2D eigenvalue weighted by molar-refractivity contribution is -0.128. The molecule has 0 aliphatic rings. The Bertz CT molecular complexity index is 227. The fraction of sp³-hybridized carbons (Fsp3) is 0.818. The molecule has 16 heavy (non-hydrogen) atoms. The molecule has 0 aromatic carbocycles. The average Bonchev–Trinajstić information content (AvgIpc) is 2.20. The van der Waals surface area contributed by atoms with E-state index in [2.05, 4.69) is 10.6 Å². The lowest BCUT2D eigenvalue weighted by Gasteiger charge is -2.11. The van der Waals surface area contributed by atoms with E-state index in [1.165, 1.54) is 0 Å². The molecule has 94 valence electrons. The Kier molecular flexibility index (Phi) is 7.54. The van der Waals surface area contributed by atoms with Crippen LogP contribution >= 0.6 is 0 Å². The first-order chi connectivity index (χ1) is 7.43. The van der Waals surface area contributed by atoms with Crippen molar-refractivity contribution in [2.24, 2.45) is 5.92 Å². The molecule has 0 heterocycles. The summed E-state index contributed by atoms with van der Waals surface area (Å²) in [5.74, 6) is 0.500. The molecule has 0 saturated heterocycles. The molecule has 5 heteroatoms. The molecule has 0 aliphatic heterocycles. The number of carbonyl (C=O) groups is 2. The predicted octanol–water partition coefficient (Wildman–Crippen LogP) is -0.173. The van der Waals surface area contributed by atoms with Crippen LogP contribution in [0.3, 0.4) is 0 Å². The molecule has 0 aromatic heterocycles. The zero-order chi connectivity index (χ0) is 12.6. The van der Waals surface area contributed by atoms with Crippen molar-refractivity contribution in [2.45, 2.75) is 20.3 Å². The second kappa shape index (κ2) is 8.10. The predicted molar refractivity (Wildman–Crippen MR) is 64.0 cm³/mol. The van der Waals surface area contributed by atoms with Gasteiger partial charge >= 0.3 is 0 Å². The van der Waals surface area contributed by atoms with Crippen molar-refractivity contribution in [1.82, 2.24) is 15.5 Å². The van der Waals surface area contributed by atoms with Gasteiger partial charge in [0.1, 0.15) is 0 Å². The standard InChI is InChI=1S/C11H23N3O2/c1-9(2)7-13-10(15)8-12-6-5-11(16)14(3)4/h9,12H,5-8H2,1-4H3,(H,13,15). The van der Waals surface area contributed by atoms with Crippen LogP contribution in [0.2, 0.25) is 0 Å². The molecular formula is C11H23N3O2. The summed E-state index contributed by atoms with van der Waals surface area (Å²) in [6.45, 7) is 5.59. The maximum atomic E-state index is 11.3. The summed E-state index contributed by atoms with van der Waals surface area (Å²) in [6.07, 6.45) is 0.421. The Morgan fingerprint density at radius 1 is 1.25 bits per heavy atom. The van der Waals surface area contributed by atoms with Gasteiger partial charge in [0.25, 0.3) is 0 Å². The fourth-order valence-electron chi connectivity index (χ4n) is 1.00. The zero-order valence-corrected chi connectivity index (χ0v) is 10.7. The summed E-state index contributed by atoms with van der Waals surface area (Å²) in [5.41, 5.74) is 0. The van der Waals surface area contributed by atoms with Crippen molar-refractivity contribution in [3.63, 3.8) is 0 Å². The van der Waals surface area contributed by atoms with Crippen LogP contribution in [0.4, 0.5) is 0 Å². The maximum Gasteiger partial charge on any atom is 0.233 e. The Balaban J connectivity index is 3.45. The molecule has 0 radical (unpaired) electrons. The molecular weight excluding hydrogens is 206 g/mol. The van der Waals surface area contributed by atoms with Crippen molar-refractivity contribution in [3.8, 4) is 0 Å². The van der Waals surface area contributed by atoms with Gasteiger partial charge < -0.3 is 15.5 Å². The van der Waals surface area contributed by atoms with Crippen molar-refractivity contribution in [1.29, 1.82) is 0 Å². The molecule has 2 N–H and O–H groups in total. The second-order valence-electron chi connectivity index (χ2n) is 4.41. The van der Waals surface area contributed by atoms with Gasteiger partial charge in [0.05, 0.1) is 6.54 Å². The number of nitrogens with one attached hydrogen (secondary N) is 2. The molecule has 0 rings (SSSR count). The molecule has 0 unspecified atom stereocenters. The van der Waals surface area contributed by atoms with Crippen LogP contribution in [0.15, 0.2) is 0 Å². The fourth-order valence-corrected chi connectivity index (χ4v) is 1.00. The summed E-state index contributed by atoms with van der Waals surface area (Å²) < 4.78 is 0. The Labute approximate surface area is 97.6 Å². The molecule has 0 aliphatic carbocycles. The van der Waals surface area contributed by atoms with Gasteiger partial charge in [0, 0.05) is 33.6 Å². The van der Waals surface area contributed by atoms with E-state index in [4.69, 9.17) is 0 Å². The maximum absolute atomic E-state index is 11.3. The van der Waals surface area contributed by atoms with E-state index in [9.17, 15) is 9.59 Å². The van der Waals surface area contributed by atoms with E-state index in [0.29, 0.717) is 25.4 Å². The van der Waals surface area contributed by atoms with Crippen LogP contribution in [0.25, 0.3) is 0 Å². The smallest absolute Gasteiger partial charge is 0.233 e.